The molecule has 0 radical (unpaired) electrons. The van der Waals surface area contributed by atoms with Gasteiger partial charge in [-0.15, -0.1) is 0 Å². The molecule has 1 atom stereocenters. The average Bonchev–Trinajstić information content (AvgIpc) is 3.03. The van der Waals surface area contributed by atoms with Crippen molar-refractivity contribution < 1.29 is 9.47 Å². The van der Waals surface area contributed by atoms with Crippen LogP contribution in [0.4, 0.5) is 0 Å². The van der Waals surface area contributed by atoms with Crippen molar-refractivity contribution in [2.75, 3.05) is 26.8 Å². The van der Waals surface area contributed by atoms with Crippen LogP contribution in [0.5, 0.6) is 5.75 Å². The maximum atomic E-state index is 5.80. The van der Waals surface area contributed by atoms with Crippen LogP contribution in [0, 0.1) is 0 Å². The molecule has 1 fully saturated rings. The Morgan fingerprint density at radius 1 is 1.38 bits per heavy atom. The highest BCUT2D eigenvalue weighted by Gasteiger charge is 2.29. The first-order valence-corrected chi connectivity index (χ1v) is 8.95. The molecule has 1 saturated heterocycles. The molecule has 0 bridgehead atoms. The SMILES string of the molecule is CCCCOc1cccc(CNC(=NC)NCC2(C)CCCO2)c1. The minimum Gasteiger partial charge on any atom is -0.494 e. The van der Waals surface area contributed by atoms with E-state index in [0.717, 1.165) is 57.2 Å². The summed E-state index contributed by atoms with van der Waals surface area (Å²) in [5.41, 5.74) is 1.10. The molecule has 134 valence electrons. The van der Waals surface area contributed by atoms with Gasteiger partial charge in [0.05, 0.1) is 12.2 Å². The molecule has 24 heavy (non-hydrogen) atoms. The highest BCUT2D eigenvalue weighted by Crippen LogP contribution is 2.23. The third kappa shape index (κ3) is 6.04. The molecule has 1 heterocycles. The third-order valence-corrected chi connectivity index (χ3v) is 4.28. The summed E-state index contributed by atoms with van der Waals surface area (Å²) in [6.45, 7) is 7.43. The fourth-order valence-electron chi connectivity index (χ4n) is 2.73. The van der Waals surface area contributed by atoms with E-state index >= 15 is 0 Å². The fraction of sp³-hybridized carbons (Fsp3) is 0.632. The summed E-state index contributed by atoms with van der Waals surface area (Å²) < 4.78 is 11.6. The lowest BCUT2D eigenvalue weighted by molar-refractivity contribution is 0.0243. The van der Waals surface area contributed by atoms with E-state index in [4.69, 9.17) is 9.47 Å². The number of benzene rings is 1. The Morgan fingerprint density at radius 3 is 2.96 bits per heavy atom. The number of unbranched alkanes of at least 4 members (excludes halogenated alkanes) is 1. The smallest absolute Gasteiger partial charge is 0.191 e. The maximum Gasteiger partial charge on any atom is 0.191 e. The van der Waals surface area contributed by atoms with E-state index in [2.05, 4.69) is 41.6 Å². The molecule has 0 aromatic heterocycles. The number of hydrogen-bond acceptors (Lipinski definition) is 3. The van der Waals surface area contributed by atoms with Crippen molar-refractivity contribution in [3.8, 4) is 5.75 Å². The summed E-state index contributed by atoms with van der Waals surface area (Å²) in [6.07, 6.45) is 4.45. The molecule has 0 amide bonds. The lowest BCUT2D eigenvalue weighted by Gasteiger charge is -2.24. The molecule has 2 rings (SSSR count). The van der Waals surface area contributed by atoms with Gasteiger partial charge in [0.15, 0.2) is 5.96 Å². The Hall–Kier alpha value is -1.75. The molecule has 1 aliphatic rings. The van der Waals surface area contributed by atoms with E-state index in [1.807, 2.05) is 12.1 Å². The lowest BCUT2D eigenvalue weighted by Crippen LogP contribution is -2.45. The van der Waals surface area contributed by atoms with Gasteiger partial charge in [-0.3, -0.25) is 4.99 Å². The Balaban J connectivity index is 1.79. The van der Waals surface area contributed by atoms with Crippen molar-refractivity contribution in [1.29, 1.82) is 0 Å². The number of ether oxygens (including phenoxy) is 2. The van der Waals surface area contributed by atoms with Crippen molar-refractivity contribution in [2.45, 2.75) is 51.7 Å². The fourth-order valence-corrected chi connectivity index (χ4v) is 2.73. The number of hydrogen-bond donors (Lipinski definition) is 2. The van der Waals surface area contributed by atoms with Gasteiger partial charge < -0.3 is 20.1 Å². The Kier molecular flexibility index (Phi) is 7.37. The highest BCUT2D eigenvalue weighted by molar-refractivity contribution is 5.79. The Labute approximate surface area is 145 Å². The first kappa shape index (κ1) is 18.6. The summed E-state index contributed by atoms with van der Waals surface area (Å²) in [5, 5.41) is 6.71. The first-order chi connectivity index (χ1) is 11.6. The largest absolute Gasteiger partial charge is 0.494 e. The zero-order valence-electron chi connectivity index (χ0n) is 15.2. The van der Waals surface area contributed by atoms with Gasteiger partial charge in [-0.05, 0) is 43.9 Å². The van der Waals surface area contributed by atoms with Gasteiger partial charge in [0.25, 0.3) is 0 Å². The number of aliphatic imine (C=N–C) groups is 1. The minimum absolute atomic E-state index is 0.0787. The van der Waals surface area contributed by atoms with E-state index in [1.54, 1.807) is 7.05 Å². The summed E-state index contributed by atoms with van der Waals surface area (Å²) >= 11 is 0. The molecule has 1 aliphatic heterocycles. The normalized spacial score (nSPS) is 20.9. The molecule has 2 N–H and O–H groups in total. The standard InChI is InChI=1S/C19H31N3O2/c1-4-5-11-23-17-9-6-8-16(13-17)14-21-18(20-3)22-15-19(2)10-7-12-24-19/h6,8-9,13H,4-5,7,10-12,14-15H2,1-3H3,(H2,20,21,22). The van der Waals surface area contributed by atoms with Crippen molar-refractivity contribution in [1.82, 2.24) is 10.6 Å². The average molecular weight is 333 g/mol. The summed E-state index contributed by atoms with van der Waals surface area (Å²) in [5.74, 6) is 1.72. The lowest BCUT2D eigenvalue weighted by atomic mass is 10.0. The summed E-state index contributed by atoms with van der Waals surface area (Å²) in [6, 6.07) is 8.21. The van der Waals surface area contributed by atoms with Gasteiger partial charge >= 0.3 is 0 Å². The van der Waals surface area contributed by atoms with Crippen molar-refractivity contribution >= 4 is 5.96 Å². The second-order valence-corrected chi connectivity index (χ2v) is 6.53. The molecule has 0 saturated carbocycles. The van der Waals surface area contributed by atoms with Crippen LogP contribution in [0.3, 0.4) is 0 Å². The van der Waals surface area contributed by atoms with Gasteiger partial charge in [-0.25, -0.2) is 0 Å². The van der Waals surface area contributed by atoms with Crippen molar-refractivity contribution in [2.24, 2.45) is 4.99 Å². The van der Waals surface area contributed by atoms with Crippen LogP contribution in [0.2, 0.25) is 0 Å². The van der Waals surface area contributed by atoms with Gasteiger partial charge in [-0.2, -0.15) is 0 Å². The summed E-state index contributed by atoms with van der Waals surface area (Å²) in [7, 11) is 1.79. The number of nitrogens with zero attached hydrogens (tertiary/aromatic N) is 1. The zero-order chi connectivity index (χ0) is 17.3. The molecule has 0 spiro atoms. The van der Waals surface area contributed by atoms with Crippen LogP contribution in [0.25, 0.3) is 0 Å². The van der Waals surface area contributed by atoms with E-state index in [9.17, 15) is 0 Å². The molecule has 0 aliphatic carbocycles. The number of rotatable bonds is 8. The quantitative estimate of drug-likeness (QED) is 0.436. The molecular formula is C19H31N3O2. The van der Waals surface area contributed by atoms with Gasteiger partial charge in [0.2, 0.25) is 0 Å². The molecule has 1 unspecified atom stereocenters. The van der Waals surface area contributed by atoms with Crippen LogP contribution in [-0.2, 0) is 11.3 Å². The van der Waals surface area contributed by atoms with Gasteiger partial charge in [0.1, 0.15) is 5.75 Å². The van der Waals surface area contributed by atoms with Crippen LogP contribution < -0.4 is 15.4 Å². The first-order valence-electron chi connectivity index (χ1n) is 8.95. The Bertz CT molecular complexity index is 525. The topological polar surface area (TPSA) is 54.9 Å². The van der Waals surface area contributed by atoms with E-state index in [1.165, 1.54) is 5.56 Å². The summed E-state index contributed by atoms with van der Waals surface area (Å²) in [4.78, 5) is 4.29. The number of nitrogens with one attached hydrogen (secondary N) is 2. The van der Waals surface area contributed by atoms with Crippen LogP contribution in [0.1, 0.15) is 45.1 Å². The molecular weight excluding hydrogens is 302 g/mol. The monoisotopic (exact) mass is 333 g/mol. The predicted octanol–water partition coefficient (Wildman–Crippen LogP) is 3.10. The molecule has 1 aromatic carbocycles. The van der Waals surface area contributed by atoms with Crippen molar-refractivity contribution in [3.63, 3.8) is 0 Å². The van der Waals surface area contributed by atoms with Crippen LogP contribution in [0.15, 0.2) is 29.3 Å². The highest BCUT2D eigenvalue weighted by atomic mass is 16.5. The minimum atomic E-state index is -0.0787. The Morgan fingerprint density at radius 2 is 2.25 bits per heavy atom. The predicted molar refractivity (Wildman–Crippen MR) is 98.6 cm³/mol. The van der Waals surface area contributed by atoms with Crippen molar-refractivity contribution in [3.05, 3.63) is 29.8 Å². The second-order valence-electron chi connectivity index (χ2n) is 6.53. The molecule has 5 nitrogen and oxygen atoms in total. The van der Waals surface area contributed by atoms with Crippen LogP contribution in [-0.4, -0.2) is 38.4 Å². The number of guanidine groups is 1. The van der Waals surface area contributed by atoms with Gasteiger partial charge in [0, 0.05) is 26.7 Å². The van der Waals surface area contributed by atoms with E-state index in [0.29, 0.717) is 6.54 Å². The zero-order valence-corrected chi connectivity index (χ0v) is 15.2. The maximum absolute atomic E-state index is 5.80. The third-order valence-electron chi connectivity index (χ3n) is 4.28. The van der Waals surface area contributed by atoms with Crippen LogP contribution >= 0.6 is 0 Å². The van der Waals surface area contributed by atoms with Gasteiger partial charge in [-0.1, -0.05) is 25.5 Å². The molecule has 5 heteroatoms. The van der Waals surface area contributed by atoms with E-state index in [-0.39, 0.29) is 5.60 Å². The second kappa shape index (κ2) is 9.52. The van der Waals surface area contributed by atoms with E-state index < -0.39 is 0 Å². The molecule has 1 aromatic rings.